The molecule has 0 saturated heterocycles. The highest BCUT2D eigenvalue weighted by atomic mass is 35.5. The molecule has 0 aromatic carbocycles. The third-order valence-corrected chi connectivity index (χ3v) is 5.09. The second-order valence-corrected chi connectivity index (χ2v) is 8.99. The lowest BCUT2D eigenvalue weighted by Crippen LogP contribution is -2.46. The molecule has 1 fully saturated rings. The number of hydrogen-bond acceptors (Lipinski definition) is 2. The Morgan fingerprint density at radius 3 is 2.06 bits per heavy atom. The van der Waals surface area contributed by atoms with Gasteiger partial charge in [-0.2, -0.15) is 0 Å². The van der Waals surface area contributed by atoms with Crippen molar-refractivity contribution < 1.29 is 8.42 Å². The Bertz CT molecular complexity index is 347. The molecule has 1 saturated carbocycles. The SMILES string of the molecule is CC1(C)CC(NS(=O)(=O)CCCl)CC(C)(C)C1. The Hall–Kier alpha value is 0.200. The standard InChI is InChI=1S/C12H24ClNO2S/c1-11(2)7-10(8-12(3,4)9-11)14-17(15,16)6-5-13/h10,14H,5-9H2,1-4H3. The number of alkyl halides is 1. The fourth-order valence-electron chi connectivity index (χ4n) is 3.34. The van der Waals surface area contributed by atoms with Gasteiger partial charge in [0.1, 0.15) is 0 Å². The van der Waals surface area contributed by atoms with Gasteiger partial charge >= 0.3 is 0 Å². The molecule has 0 atom stereocenters. The molecule has 5 heteroatoms. The fraction of sp³-hybridized carbons (Fsp3) is 1.00. The second kappa shape index (κ2) is 5.06. The molecule has 1 rings (SSSR count). The van der Waals surface area contributed by atoms with E-state index in [1.165, 1.54) is 0 Å². The van der Waals surface area contributed by atoms with Crippen LogP contribution in [0.5, 0.6) is 0 Å². The van der Waals surface area contributed by atoms with E-state index in [4.69, 9.17) is 11.6 Å². The predicted octanol–water partition coefficient (Wildman–Crippen LogP) is 2.75. The van der Waals surface area contributed by atoms with Gasteiger partial charge in [-0.1, -0.05) is 27.7 Å². The van der Waals surface area contributed by atoms with Gasteiger partial charge in [-0.05, 0) is 30.1 Å². The van der Waals surface area contributed by atoms with E-state index in [2.05, 4.69) is 32.4 Å². The average Bonchev–Trinajstić information content (AvgIpc) is 1.94. The van der Waals surface area contributed by atoms with Crippen molar-refractivity contribution >= 4 is 21.6 Å². The lowest BCUT2D eigenvalue weighted by molar-refractivity contribution is 0.0934. The van der Waals surface area contributed by atoms with Crippen LogP contribution in [0.1, 0.15) is 47.0 Å². The lowest BCUT2D eigenvalue weighted by atomic mass is 9.64. The zero-order valence-corrected chi connectivity index (χ0v) is 12.8. The van der Waals surface area contributed by atoms with Crippen LogP contribution in [0.25, 0.3) is 0 Å². The Morgan fingerprint density at radius 2 is 1.65 bits per heavy atom. The molecule has 0 amide bonds. The number of rotatable bonds is 4. The summed E-state index contributed by atoms with van der Waals surface area (Å²) in [7, 11) is -3.21. The molecule has 0 spiro atoms. The van der Waals surface area contributed by atoms with Crippen LogP contribution in [-0.4, -0.2) is 26.1 Å². The second-order valence-electron chi connectivity index (χ2n) is 6.74. The summed E-state index contributed by atoms with van der Waals surface area (Å²) in [6.07, 6.45) is 2.93. The Morgan fingerprint density at radius 1 is 1.18 bits per heavy atom. The third kappa shape index (κ3) is 5.14. The van der Waals surface area contributed by atoms with Crippen LogP contribution in [0.15, 0.2) is 0 Å². The van der Waals surface area contributed by atoms with E-state index >= 15 is 0 Å². The minimum Gasteiger partial charge on any atom is -0.212 e. The summed E-state index contributed by atoms with van der Waals surface area (Å²) in [5.74, 6) is 0.154. The van der Waals surface area contributed by atoms with Crippen molar-refractivity contribution in [3.8, 4) is 0 Å². The maximum atomic E-state index is 11.7. The molecule has 0 unspecified atom stereocenters. The summed E-state index contributed by atoms with van der Waals surface area (Å²) in [6.45, 7) is 8.82. The smallest absolute Gasteiger partial charge is 0.212 e. The van der Waals surface area contributed by atoms with E-state index in [1.54, 1.807) is 0 Å². The third-order valence-electron chi connectivity index (χ3n) is 3.25. The molecule has 1 aliphatic rings. The first-order valence-electron chi connectivity index (χ1n) is 6.11. The van der Waals surface area contributed by atoms with Crippen LogP contribution in [0.4, 0.5) is 0 Å². The maximum Gasteiger partial charge on any atom is 0.213 e. The van der Waals surface area contributed by atoms with E-state index in [-0.39, 0.29) is 28.5 Å². The van der Waals surface area contributed by atoms with Crippen molar-refractivity contribution in [2.75, 3.05) is 11.6 Å². The minimum absolute atomic E-state index is 0.00587. The summed E-state index contributed by atoms with van der Waals surface area (Å²) in [4.78, 5) is 0. The molecular weight excluding hydrogens is 258 g/mol. The summed E-state index contributed by atoms with van der Waals surface area (Å²) >= 11 is 5.50. The van der Waals surface area contributed by atoms with Crippen molar-refractivity contribution in [2.45, 2.75) is 53.0 Å². The summed E-state index contributed by atoms with van der Waals surface area (Å²) < 4.78 is 26.2. The molecule has 0 aromatic rings. The van der Waals surface area contributed by atoms with E-state index in [9.17, 15) is 8.42 Å². The van der Waals surface area contributed by atoms with Crippen LogP contribution in [0.2, 0.25) is 0 Å². The van der Waals surface area contributed by atoms with Crippen molar-refractivity contribution in [3.05, 3.63) is 0 Å². The molecule has 0 radical (unpaired) electrons. The first-order valence-corrected chi connectivity index (χ1v) is 8.30. The van der Waals surface area contributed by atoms with Gasteiger partial charge in [0.2, 0.25) is 10.0 Å². The highest BCUT2D eigenvalue weighted by molar-refractivity contribution is 7.89. The van der Waals surface area contributed by atoms with E-state index in [1.807, 2.05) is 0 Å². The summed E-state index contributed by atoms with van der Waals surface area (Å²) in [6, 6.07) is 0.0435. The average molecular weight is 282 g/mol. The van der Waals surface area contributed by atoms with Crippen molar-refractivity contribution in [2.24, 2.45) is 10.8 Å². The van der Waals surface area contributed by atoms with E-state index < -0.39 is 10.0 Å². The van der Waals surface area contributed by atoms with Gasteiger partial charge in [0.25, 0.3) is 0 Å². The molecule has 0 aliphatic heterocycles. The fourth-order valence-corrected chi connectivity index (χ4v) is 4.95. The molecule has 102 valence electrons. The zero-order valence-electron chi connectivity index (χ0n) is 11.2. The Balaban J connectivity index is 2.72. The van der Waals surface area contributed by atoms with Gasteiger partial charge in [-0.15, -0.1) is 11.6 Å². The van der Waals surface area contributed by atoms with Gasteiger partial charge in [0.15, 0.2) is 0 Å². The van der Waals surface area contributed by atoms with Gasteiger partial charge in [-0.25, -0.2) is 13.1 Å². The minimum atomic E-state index is -3.21. The molecule has 3 nitrogen and oxygen atoms in total. The quantitative estimate of drug-likeness (QED) is 0.806. The van der Waals surface area contributed by atoms with Crippen LogP contribution < -0.4 is 4.72 Å². The van der Waals surface area contributed by atoms with Crippen LogP contribution in [0, 0.1) is 10.8 Å². The molecule has 1 aliphatic carbocycles. The van der Waals surface area contributed by atoms with Gasteiger partial charge in [0, 0.05) is 11.9 Å². The number of hydrogen-bond donors (Lipinski definition) is 1. The van der Waals surface area contributed by atoms with Crippen molar-refractivity contribution in [1.82, 2.24) is 4.72 Å². The highest BCUT2D eigenvalue weighted by Gasteiger charge is 2.39. The molecule has 17 heavy (non-hydrogen) atoms. The van der Waals surface area contributed by atoms with Crippen molar-refractivity contribution in [1.29, 1.82) is 0 Å². The monoisotopic (exact) mass is 281 g/mol. The molecule has 0 aromatic heterocycles. The van der Waals surface area contributed by atoms with Gasteiger partial charge in [-0.3, -0.25) is 0 Å². The maximum absolute atomic E-state index is 11.7. The largest absolute Gasteiger partial charge is 0.213 e. The molecular formula is C12H24ClNO2S. The molecule has 1 N–H and O–H groups in total. The lowest BCUT2D eigenvalue weighted by Gasteiger charge is -2.45. The van der Waals surface area contributed by atoms with Crippen LogP contribution in [-0.2, 0) is 10.0 Å². The Kier molecular flexibility index (Phi) is 4.54. The van der Waals surface area contributed by atoms with E-state index in [0.717, 1.165) is 19.3 Å². The highest BCUT2D eigenvalue weighted by Crippen LogP contribution is 2.45. The number of nitrogens with one attached hydrogen (secondary N) is 1. The van der Waals surface area contributed by atoms with Crippen LogP contribution >= 0.6 is 11.6 Å². The first-order chi connectivity index (χ1) is 7.55. The number of halogens is 1. The predicted molar refractivity (Wildman–Crippen MR) is 72.8 cm³/mol. The topological polar surface area (TPSA) is 46.2 Å². The van der Waals surface area contributed by atoms with Crippen LogP contribution in [0.3, 0.4) is 0 Å². The Labute approximate surface area is 110 Å². The zero-order chi connectivity index (χ0) is 13.3. The summed E-state index contributed by atoms with van der Waals surface area (Å²) in [5.41, 5.74) is 0.381. The summed E-state index contributed by atoms with van der Waals surface area (Å²) in [5, 5.41) is 0. The first kappa shape index (κ1) is 15.3. The number of sulfonamides is 1. The van der Waals surface area contributed by atoms with E-state index in [0.29, 0.717) is 0 Å². The van der Waals surface area contributed by atoms with Crippen molar-refractivity contribution in [3.63, 3.8) is 0 Å². The van der Waals surface area contributed by atoms with Gasteiger partial charge < -0.3 is 0 Å². The van der Waals surface area contributed by atoms with Gasteiger partial charge in [0.05, 0.1) is 5.75 Å². The molecule has 0 heterocycles. The normalized spacial score (nSPS) is 24.8. The molecule has 0 bridgehead atoms.